The summed E-state index contributed by atoms with van der Waals surface area (Å²) in [5, 5.41) is 4.63. The van der Waals surface area contributed by atoms with E-state index in [1.165, 1.54) is 4.52 Å². The summed E-state index contributed by atoms with van der Waals surface area (Å²) in [6.45, 7) is 5.73. The SMILES string of the molecule is CCOC(=O)C(C)c1cc(Cl)n2nc(C)cc2n1. The van der Waals surface area contributed by atoms with Crippen molar-refractivity contribution in [1.29, 1.82) is 0 Å². The Morgan fingerprint density at radius 3 is 2.94 bits per heavy atom. The summed E-state index contributed by atoms with van der Waals surface area (Å²) in [5.41, 5.74) is 2.04. The van der Waals surface area contributed by atoms with Gasteiger partial charge in [-0.2, -0.15) is 5.10 Å². The Hall–Kier alpha value is -1.62. The molecule has 1 unspecified atom stereocenters. The van der Waals surface area contributed by atoms with Crippen molar-refractivity contribution in [2.45, 2.75) is 26.7 Å². The van der Waals surface area contributed by atoms with E-state index in [0.29, 0.717) is 23.1 Å². The van der Waals surface area contributed by atoms with Crippen molar-refractivity contribution >= 4 is 23.2 Å². The van der Waals surface area contributed by atoms with Gasteiger partial charge in [-0.05, 0) is 26.8 Å². The van der Waals surface area contributed by atoms with E-state index in [4.69, 9.17) is 16.3 Å². The number of rotatable bonds is 3. The normalized spacial score (nSPS) is 12.7. The monoisotopic (exact) mass is 267 g/mol. The summed E-state index contributed by atoms with van der Waals surface area (Å²) < 4.78 is 6.51. The topological polar surface area (TPSA) is 56.5 Å². The second kappa shape index (κ2) is 4.94. The maximum Gasteiger partial charge on any atom is 0.314 e. The van der Waals surface area contributed by atoms with Crippen LogP contribution in [0.2, 0.25) is 5.15 Å². The molecule has 2 aromatic rings. The number of hydrogen-bond donors (Lipinski definition) is 0. The number of fused-ring (bicyclic) bond motifs is 1. The van der Waals surface area contributed by atoms with E-state index in [-0.39, 0.29) is 5.97 Å². The molecule has 0 aliphatic rings. The van der Waals surface area contributed by atoms with E-state index in [2.05, 4.69) is 10.1 Å². The third-order valence-electron chi connectivity index (χ3n) is 2.61. The van der Waals surface area contributed by atoms with Gasteiger partial charge in [-0.15, -0.1) is 0 Å². The molecule has 2 aromatic heterocycles. The highest BCUT2D eigenvalue weighted by Gasteiger charge is 2.19. The maximum absolute atomic E-state index is 11.7. The van der Waals surface area contributed by atoms with Gasteiger partial charge in [-0.1, -0.05) is 11.6 Å². The number of carbonyl (C=O) groups excluding carboxylic acids is 1. The van der Waals surface area contributed by atoms with Crippen LogP contribution in [0.15, 0.2) is 12.1 Å². The highest BCUT2D eigenvalue weighted by Crippen LogP contribution is 2.20. The number of nitrogens with zero attached hydrogens (tertiary/aromatic N) is 3. The average molecular weight is 268 g/mol. The molecule has 0 saturated heterocycles. The van der Waals surface area contributed by atoms with E-state index < -0.39 is 5.92 Å². The predicted molar refractivity (Wildman–Crippen MR) is 67.8 cm³/mol. The van der Waals surface area contributed by atoms with Crippen molar-refractivity contribution in [3.8, 4) is 0 Å². The molecule has 18 heavy (non-hydrogen) atoms. The van der Waals surface area contributed by atoms with Crippen LogP contribution in [0.3, 0.4) is 0 Å². The average Bonchev–Trinajstić information content (AvgIpc) is 2.69. The van der Waals surface area contributed by atoms with Crippen molar-refractivity contribution in [2.75, 3.05) is 6.61 Å². The Kier molecular flexibility index (Phi) is 3.52. The van der Waals surface area contributed by atoms with E-state index >= 15 is 0 Å². The molecule has 0 aliphatic carbocycles. The third kappa shape index (κ3) is 2.31. The van der Waals surface area contributed by atoms with Gasteiger partial charge in [0.15, 0.2) is 5.65 Å². The van der Waals surface area contributed by atoms with Gasteiger partial charge in [-0.3, -0.25) is 4.79 Å². The number of esters is 1. The molecule has 6 heteroatoms. The molecule has 0 N–H and O–H groups in total. The van der Waals surface area contributed by atoms with Crippen molar-refractivity contribution in [3.63, 3.8) is 0 Å². The van der Waals surface area contributed by atoms with Gasteiger partial charge in [0.1, 0.15) is 5.15 Å². The van der Waals surface area contributed by atoms with Gasteiger partial charge in [0.2, 0.25) is 0 Å². The minimum Gasteiger partial charge on any atom is -0.465 e. The first kappa shape index (κ1) is 12.8. The van der Waals surface area contributed by atoms with Gasteiger partial charge in [-0.25, -0.2) is 9.50 Å². The summed E-state index contributed by atoms with van der Waals surface area (Å²) in [4.78, 5) is 16.0. The molecular formula is C12H14ClN3O2. The lowest BCUT2D eigenvalue weighted by molar-refractivity contribution is -0.144. The molecule has 0 aromatic carbocycles. The highest BCUT2D eigenvalue weighted by molar-refractivity contribution is 6.29. The van der Waals surface area contributed by atoms with Crippen LogP contribution in [0.4, 0.5) is 0 Å². The summed E-state index contributed by atoms with van der Waals surface area (Å²) in [7, 11) is 0. The second-order valence-electron chi connectivity index (χ2n) is 4.03. The molecular weight excluding hydrogens is 254 g/mol. The summed E-state index contributed by atoms with van der Waals surface area (Å²) >= 11 is 6.11. The zero-order valence-corrected chi connectivity index (χ0v) is 11.2. The minimum atomic E-state index is -0.442. The molecule has 0 saturated carbocycles. The molecule has 0 bridgehead atoms. The fourth-order valence-corrected chi connectivity index (χ4v) is 1.92. The quantitative estimate of drug-likeness (QED) is 0.633. The van der Waals surface area contributed by atoms with E-state index in [0.717, 1.165) is 5.69 Å². The number of aryl methyl sites for hydroxylation is 1. The Morgan fingerprint density at radius 2 is 2.28 bits per heavy atom. The molecule has 2 heterocycles. The smallest absolute Gasteiger partial charge is 0.314 e. The highest BCUT2D eigenvalue weighted by atomic mass is 35.5. The second-order valence-corrected chi connectivity index (χ2v) is 4.42. The Morgan fingerprint density at radius 1 is 1.56 bits per heavy atom. The number of aromatic nitrogens is 3. The first-order chi connectivity index (χ1) is 8.52. The summed E-state index contributed by atoms with van der Waals surface area (Å²) in [5.74, 6) is -0.746. The standard InChI is InChI=1S/C12H14ClN3O2/c1-4-18-12(17)8(3)9-6-10(13)16-11(14-9)5-7(2)15-16/h5-6,8H,4H2,1-3H3. The maximum atomic E-state index is 11.7. The number of ether oxygens (including phenoxy) is 1. The first-order valence-electron chi connectivity index (χ1n) is 5.72. The minimum absolute atomic E-state index is 0.304. The van der Waals surface area contributed by atoms with Crippen LogP contribution in [-0.2, 0) is 9.53 Å². The number of hydrogen-bond acceptors (Lipinski definition) is 4. The van der Waals surface area contributed by atoms with Crippen LogP contribution in [0.1, 0.15) is 31.2 Å². The van der Waals surface area contributed by atoms with Crippen molar-refractivity contribution in [2.24, 2.45) is 0 Å². The first-order valence-corrected chi connectivity index (χ1v) is 6.10. The molecule has 2 rings (SSSR count). The van der Waals surface area contributed by atoms with Gasteiger partial charge in [0.25, 0.3) is 0 Å². The van der Waals surface area contributed by atoms with Gasteiger partial charge >= 0.3 is 5.97 Å². The summed E-state index contributed by atoms with van der Waals surface area (Å²) in [6.07, 6.45) is 0. The van der Waals surface area contributed by atoms with Crippen LogP contribution in [0.5, 0.6) is 0 Å². The lowest BCUT2D eigenvalue weighted by atomic mass is 10.1. The van der Waals surface area contributed by atoms with Gasteiger partial charge < -0.3 is 4.74 Å². The predicted octanol–water partition coefficient (Wildman–Crippen LogP) is 2.36. The van der Waals surface area contributed by atoms with Crippen LogP contribution in [-0.4, -0.2) is 27.2 Å². The largest absolute Gasteiger partial charge is 0.465 e. The molecule has 0 aliphatic heterocycles. The van der Waals surface area contributed by atoms with E-state index in [1.807, 2.05) is 13.0 Å². The van der Waals surface area contributed by atoms with Crippen molar-refractivity contribution in [3.05, 3.63) is 28.7 Å². The van der Waals surface area contributed by atoms with Gasteiger partial charge in [0, 0.05) is 6.07 Å². The molecule has 0 amide bonds. The fourth-order valence-electron chi connectivity index (χ4n) is 1.68. The zero-order chi connectivity index (χ0) is 13.3. The Balaban J connectivity index is 2.42. The number of carbonyl (C=O) groups is 1. The molecule has 5 nitrogen and oxygen atoms in total. The number of halogens is 1. The van der Waals surface area contributed by atoms with Crippen LogP contribution < -0.4 is 0 Å². The molecule has 96 valence electrons. The van der Waals surface area contributed by atoms with Gasteiger partial charge in [0.05, 0.1) is 23.9 Å². The lowest BCUT2D eigenvalue weighted by Gasteiger charge is -2.10. The molecule has 1 atom stereocenters. The van der Waals surface area contributed by atoms with Crippen molar-refractivity contribution in [1.82, 2.24) is 14.6 Å². The Labute approximate surface area is 110 Å². The van der Waals surface area contributed by atoms with Crippen molar-refractivity contribution < 1.29 is 9.53 Å². The van der Waals surface area contributed by atoms with E-state index in [9.17, 15) is 4.79 Å². The van der Waals surface area contributed by atoms with E-state index in [1.54, 1.807) is 19.9 Å². The van der Waals surface area contributed by atoms with Crippen LogP contribution >= 0.6 is 11.6 Å². The van der Waals surface area contributed by atoms with Crippen LogP contribution in [0.25, 0.3) is 5.65 Å². The summed E-state index contributed by atoms with van der Waals surface area (Å²) in [6, 6.07) is 3.45. The molecule has 0 fully saturated rings. The molecule has 0 radical (unpaired) electrons. The van der Waals surface area contributed by atoms with Crippen LogP contribution in [0, 0.1) is 6.92 Å². The molecule has 0 spiro atoms. The fraction of sp³-hybridized carbons (Fsp3) is 0.417. The Bertz CT molecular complexity index is 594. The third-order valence-corrected chi connectivity index (χ3v) is 2.88. The lowest BCUT2D eigenvalue weighted by Crippen LogP contribution is -2.14. The zero-order valence-electron chi connectivity index (χ0n) is 10.5.